The fourth-order valence-electron chi connectivity index (χ4n) is 4.62. The van der Waals surface area contributed by atoms with Gasteiger partial charge in [0, 0.05) is 37.5 Å². The lowest BCUT2D eigenvalue weighted by molar-refractivity contribution is -0.167. The van der Waals surface area contributed by atoms with Crippen LogP contribution in [0, 0.1) is 11.3 Å². The molecule has 0 aromatic heterocycles. The third-order valence-corrected chi connectivity index (χ3v) is 5.61. The van der Waals surface area contributed by atoms with E-state index in [-0.39, 0.29) is 5.41 Å². The Morgan fingerprint density at radius 1 is 1.45 bits per heavy atom. The lowest BCUT2D eigenvalue weighted by Gasteiger charge is -2.57. The Labute approximate surface area is 122 Å². The third kappa shape index (κ3) is 2.20. The molecule has 0 bridgehead atoms. The van der Waals surface area contributed by atoms with Crippen molar-refractivity contribution < 1.29 is 9.53 Å². The first-order chi connectivity index (χ1) is 9.51. The van der Waals surface area contributed by atoms with Crippen molar-refractivity contribution in [3.8, 4) is 0 Å². The molecule has 3 unspecified atom stereocenters. The van der Waals surface area contributed by atoms with E-state index in [2.05, 4.69) is 19.9 Å². The molecule has 1 heterocycles. The number of rotatable bonds is 3. The molecule has 0 N–H and O–H groups in total. The molecule has 112 valence electrons. The highest BCUT2D eigenvalue weighted by Gasteiger charge is 2.61. The van der Waals surface area contributed by atoms with Gasteiger partial charge in [0.15, 0.2) is 0 Å². The maximum Gasteiger partial charge on any atom is 0.226 e. The van der Waals surface area contributed by atoms with Gasteiger partial charge in [0.2, 0.25) is 5.91 Å². The van der Waals surface area contributed by atoms with Crippen molar-refractivity contribution in [1.82, 2.24) is 4.90 Å². The maximum atomic E-state index is 12.6. The molecule has 1 saturated carbocycles. The van der Waals surface area contributed by atoms with Crippen LogP contribution in [0.1, 0.15) is 52.4 Å². The van der Waals surface area contributed by atoms with E-state index in [4.69, 9.17) is 4.74 Å². The smallest absolute Gasteiger partial charge is 0.226 e. The van der Waals surface area contributed by atoms with Crippen LogP contribution < -0.4 is 0 Å². The van der Waals surface area contributed by atoms with Gasteiger partial charge < -0.3 is 9.64 Å². The van der Waals surface area contributed by atoms with Gasteiger partial charge in [-0.25, -0.2) is 0 Å². The van der Waals surface area contributed by atoms with Crippen molar-refractivity contribution in [2.75, 3.05) is 13.7 Å². The average molecular weight is 277 g/mol. The van der Waals surface area contributed by atoms with Gasteiger partial charge in [-0.2, -0.15) is 0 Å². The number of fused-ring (bicyclic) bond motifs is 1. The normalized spacial score (nSPS) is 35.0. The monoisotopic (exact) mass is 277 g/mol. The van der Waals surface area contributed by atoms with Crippen LogP contribution in [-0.2, 0) is 9.53 Å². The lowest BCUT2D eigenvalue weighted by atomic mass is 9.56. The first kappa shape index (κ1) is 14.1. The largest absolute Gasteiger partial charge is 0.377 e. The molecule has 1 aliphatic heterocycles. The van der Waals surface area contributed by atoms with Gasteiger partial charge in [-0.05, 0) is 32.1 Å². The Morgan fingerprint density at radius 2 is 2.25 bits per heavy atom. The average Bonchev–Trinajstić information content (AvgIpc) is 2.86. The molecule has 0 spiro atoms. The highest BCUT2D eigenvalue weighted by atomic mass is 16.5. The minimum atomic E-state index is 0.104. The minimum Gasteiger partial charge on any atom is -0.377 e. The van der Waals surface area contributed by atoms with Crippen LogP contribution in [0.2, 0.25) is 0 Å². The zero-order valence-corrected chi connectivity index (χ0v) is 13.0. The minimum absolute atomic E-state index is 0.104. The standard InChI is InChI=1S/C17H27NO2/c1-17(2)15(13-9-10-20-16(13)17)18(3)14(19)11-12-7-5-4-6-8-12/h7,13,15-16H,4-6,8-11H2,1-3H3. The van der Waals surface area contributed by atoms with Crippen LogP contribution in [0.5, 0.6) is 0 Å². The summed E-state index contributed by atoms with van der Waals surface area (Å²) < 4.78 is 5.83. The number of nitrogens with zero attached hydrogens (tertiary/aromatic N) is 1. The summed E-state index contributed by atoms with van der Waals surface area (Å²) in [5.41, 5.74) is 1.46. The molecular weight excluding hydrogens is 250 g/mol. The van der Waals surface area contributed by atoms with Crippen molar-refractivity contribution in [1.29, 1.82) is 0 Å². The fourth-order valence-corrected chi connectivity index (χ4v) is 4.62. The summed E-state index contributed by atoms with van der Waals surface area (Å²) in [6.45, 7) is 5.35. The Balaban J connectivity index is 1.64. The number of carbonyl (C=O) groups excluding carboxylic acids is 1. The van der Waals surface area contributed by atoms with Crippen molar-refractivity contribution in [2.45, 2.75) is 64.5 Å². The molecule has 0 aromatic rings. The van der Waals surface area contributed by atoms with Crippen molar-refractivity contribution in [3.63, 3.8) is 0 Å². The Bertz CT molecular complexity index is 427. The Hall–Kier alpha value is -0.830. The van der Waals surface area contributed by atoms with Crippen LogP contribution in [0.15, 0.2) is 11.6 Å². The van der Waals surface area contributed by atoms with Gasteiger partial charge in [0.05, 0.1) is 6.10 Å². The predicted molar refractivity (Wildman–Crippen MR) is 79.4 cm³/mol. The third-order valence-electron chi connectivity index (χ3n) is 5.61. The molecule has 3 atom stereocenters. The summed E-state index contributed by atoms with van der Waals surface area (Å²) in [5.74, 6) is 0.848. The topological polar surface area (TPSA) is 29.5 Å². The number of carbonyl (C=O) groups is 1. The molecule has 1 saturated heterocycles. The molecule has 20 heavy (non-hydrogen) atoms. The van der Waals surface area contributed by atoms with E-state index in [9.17, 15) is 4.79 Å². The molecule has 0 radical (unpaired) electrons. The van der Waals surface area contributed by atoms with E-state index in [1.54, 1.807) is 0 Å². The van der Waals surface area contributed by atoms with E-state index in [0.717, 1.165) is 25.9 Å². The van der Waals surface area contributed by atoms with Crippen LogP contribution in [0.4, 0.5) is 0 Å². The highest BCUT2D eigenvalue weighted by molar-refractivity contribution is 5.79. The second-order valence-electron chi connectivity index (χ2n) is 7.30. The van der Waals surface area contributed by atoms with Crippen LogP contribution >= 0.6 is 0 Å². The molecule has 3 nitrogen and oxygen atoms in total. The molecule has 0 aromatic carbocycles. The molecule has 2 fully saturated rings. The summed E-state index contributed by atoms with van der Waals surface area (Å²) in [4.78, 5) is 14.6. The number of amides is 1. The van der Waals surface area contributed by atoms with Crippen LogP contribution in [0.3, 0.4) is 0 Å². The summed E-state index contributed by atoms with van der Waals surface area (Å²) in [6.07, 6.45) is 9.17. The molecule has 3 heteroatoms. The van der Waals surface area contributed by atoms with E-state index in [1.165, 1.54) is 18.4 Å². The van der Waals surface area contributed by atoms with Crippen LogP contribution in [-0.4, -0.2) is 36.6 Å². The van der Waals surface area contributed by atoms with Crippen molar-refractivity contribution in [2.24, 2.45) is 11.3 Å². The van der Waals surface area contributed by atoms with E-state index >= 15 is 0 Å². The van der Waals surface area contributed by atoms with Crippen molar-refractivity contribution >= 4 is 5.91 Å². The zero-order valence-electron chi connectivity index (χ0n) is 13.0. The lowest BCUT2D eigenvalue weighted by Crippen LogP contribution is -2.66. The second kappa shape index (κ2) is 5.18. The summed E-state index contributed by atoms with van der Waals surface area (Å²) in [5, 5.41) is 0. The summed E-state index contributed by atoms with van der Waals surface area (Å²) in [6, 6.07) is 0.353. The quantitative estimate of drug-likeness (QED) is 0.742. The number of hydrogen-bond donors (Lipinski definition) is 0. The molecule has 2 aliphatic carbocycles. The Kier molecular flexibility index (Phi) is 3.65. The van der Waals surface area contributed by atoms with E-state index < -0.39 is 0 Å². The van der Waals surface area contributed by atoms with E-state index in [1.807, 2.05) is 11.9 Å². The van der Waals surface area contributed by atoms with Gasteiger partial charge in [-0.1, -0.05) is 25.5 Å². The SMILES string of the molecule is CN(C(=O)CC1=CCCCC1)C1C2CCOC2C1(C)C. The van der Waals surface area contributed by atoms with Gasteiger partial charge in [-0.15, -0.1) is 0 Å². The van der Waals surface area contributed by atoms with Crippen LogP contribution in [0.25, 0.3) is 0 Å². The predicted octanol–water partition coefficient (Wildman–Crippen LogP) is 3.15. The van der Waals surface area contributed by atoms with Gasteiger partial charge in [0.1, 0.15) is 0 Å². The molecular formula is C17H27NO2. The molecule has 3 rings (SSSR count). The maximum absolute atomic E-state index is 12.6. The van der Waals surface area contributed by atoms with Gasteiger partial charge in [0.25, 0.3) is 0 Å². The number of ether oxygens (including phenoxy) is 1. The number of allylic oxidation sites excluding steroid dienone is 1. The summed E-state index contributed by atoms with van der Waals surface area (Å²) in [7, 11) is 1.99. The fraction of sp³-hybridized carbons (Fsp3) is 0.824. The number of hydrogen-bond acceptors (Lipinski definition) is 2. The molecule has 3 aliphatic rings. The first-order valence-electron chi connectivity index (χ1n) is 8.07. The summed E-state index contributed by atoms with van der Waals surface area (Å²) >= 11 is 0. The van der Waals surface area contributed by atoms with Crippen molar-refractivity contribution in [3.05, 3.63) is 11.6 Å². The van der Waals surface area contributed by atoms with Gasteiger partial charge >= 0.3 is 0 Å². The Morgan fingerprint density at radius 3 is 2.95 bits per heavy atom. The van der Waals surface area contributed by atoms with E-state index in [0.29, 0.717) is 30.4 Å². The second-order valence-corrected chi connectivity index (χ2v) is 7.30. The zero-order chi connectivity index (χ0) is 14.3. The highest BCUT2D eigenvalue weighted by Crippen LogP contribution is 2.54. The molecule has 1 amide bonds. The first-order valence-corrected chi connectivity index (χ1v) is 8.07. The van der Waals surface area contributed by atoms with Gasteiger partial charge in [-0.3, -0.25) is 4.79 Å².